The summed E-state index contributed by atoms with van der Waals surface area (Å²) in [5.74, 6) is 1.11. The zero-order chi connectivity index (χ0) is 21.1. The van der Waals surface area contributed by atoms with Crippen LogP contribution in [0.4, 0.5) is 10.5 Å². The minimum atomic E-state index is -2.90. The average molecular weight is 470 g/mol. The van der Waals surface area contributed by atoms with Crippen molar-refractivity contribution >= 4 is 34.0 Å². The number of hydrogen-bond acceptors (Lipinski definition) is 4. The number of piperidine rings is 1. The lowest BCUT2D eigenvalue weighted by Crippen LogP contribution is -2.39. The first kappa shape index (κ1) is 24.3. The smallest absolute Gasteiger partial charge is 0.319 e. The van der Waals surface area contributed by atoms with E-state index in [0.29, 0.717) is 19.4 Å². The van der Waals surface area contributed by atoms with E-state index in [1.54, 1.807) is 0 Å². The molecule has 1 aromatic carbocycles. The Labute approximate surface area is 192 Å². The summed E-state index contributed by atoms with van der Waals surface area (Å²) in [4.78, 5) is 14.9. The van der Waals surface area contributed by atoms with Gasteiger partial charge in [-0.05, 0) is 87.6 Å². The van der Waals surface area contributed by atoms with Gasteiger partial charge in [0.15, 0.2) is 9.84 Å². The van der Waals surface area contributed by atoms with E-state index < -0.39 is 9.84 Å². The summed E-state index contributed by atoms with van der Waals surface area (Å²) in [6, 6.07) is 7.87. The largest absolute Gasteiger partial charge is 0.338 e. The highest BCUT2D eigenvalue weighted by molar-refractivity contribution is 7.93. The van der Waals surface area contributed by atoms with Crippen LogP contribution in [-0.4, -0.2) is 56.0 Å². The van der Waals surface area contributed by atoms with Gasteiger partial charge in [0.05, 0.1) is 10.5 Å². The Balaban J connectivity index is 0.00000272. The van der Waals surface area contributed by atoms with Crippen molar-refractivity contribution in [2.45, 2.75) is 62.4 Å². The van der Waals surface area contributed by atoms with Crippen LogP contribution >= 0.6 is 12.4 Å². The molecule has 174 valence electrons. The number of nitrogens with zero attached hydrogens (tertiary/aromatic N) is 1. The third kappa shape index (κ3) is 6.14. The van der Waals surface area contributed by atoms with Crippen molar-refractivity contribution in [3.05, 3.63) is 29.8 Å². The first-order valence-electron chi connectivity index (χ1n) is 11.5. The predicted molar refractivity (Wildman–Crippen MR) is 128 cm³/mol. The van der Waals surface area contributed by atoms with Crippen LogP contribution in [0.2, 0.25) is 0 Å². The van der Waals surface area contributed by atoms with E-state index in [1.165, 1.54) is 31.5 Å². The standard InChI is InChI=1S/C23H35N3O3S.ClH/c1-17-7-10-26(11-8-17)12-9-18-3-2-4-20(13-18)25-23(27)24-16-19-14-21-5-6-22(15-19)30(21,28)29;/h2-4,13,17,19,21-22H,5-12,14-16H2,1H3,(H2,24,25,27);1H. The molecule has 0 radical (unpaired) electrons. The van der Waals surface area contributed by atoms with Gasteiger partial charge in [-0.15, -0.1) is 12.4 Å². The number of carbonyl (C=O) groups is 1. The van der Waals surface area contributed by atoms with E-state index in [1.807, 2.05) is 12.1 Å². The lowest BCUT2D eigenvalue weighted by Gasteiger charge is -2.30. The Kier molecular flexibility index (Phi) is 8.27. The number of carbonyl (C=O) groups excluding carboxylic acids is 1. The second-order valence-electron chi connectivity index (χ2n) is 9.56. The number of fused-ring (bicyclic) bond motifs is 2. The minimum absolute atomic E-state index is 0. The van der Waals surface area contributed by atoms with Gasteiger partial charge in [-0.1, -0.05) is 19.1 Å². The third-order valence-electron chi connectivity index (χ3n) is 7.26. The van der Waals surface area contributed by atoms with Crippen LogP contribution in [0.5, 0.6) is 0 Å². The topological polar surface area (TPSA) is 78.5 Å². The summed E-state index contributed by atoms with van der Waals surface area (Å²) in [5.41, 5.74) is 2.05. The monoisotopic (exact) mass is 469 g/mol. The molecule has 3 aliphatic heterocycles. The van der Waals surface area contributed by atoms with Crippen LogP contribution in [0.15, 0.2) is 24.3 Å². The lowest BCUT2D eigenvalue weighted by atomic mass is 9.99. The summed E-state index contributed by atoms with van der Waals surface area (Å²) in [6.07, 6.45) is 6.52. The van der Waals surface area contributed by atoms with Crippen LogP contribution in [-0.2, 0) is 16.3 Å². The summed E-state index contributed by atoms with van der Waals surface area (Å²) in [7, 11) is -2.90. The Hall–Kier alpha value is -1.31. The summed E-state index contributed by atoms with van der Waals surface area (Å²) in [6.45, 7) is 6.31. The Morgan fingerprint density at radius 3 is 2.45 bits per heavy atom. The fraction of sp³-hybridized carbons (Fsp3) is 0.696. The summed E-state index contributed by atoms with van der Waals surface area (Å²) < 4.78 is 24.4. The van der Waals surface area contributed by atoms with Gasteiger partial charge >= 0.3 is 6.03 Å². The number of nitrogens with one attached hydrogen (secondary N) is 2. The molecule has 0 spiro atoms. The first-order chi connectivity index (χ1) is 14.4. The highest BCUT2D eigenvalue weighted by Gasteiger charge is 2.46. The summed E-state index contributed by atoms with van der Waals surface area (Å²) >= 11 is 0. The molecular formula is C23H36ClN3O3S. The molecule has 8 heteroatoms. The first-order valence-corrected chi connectivity index (χ1v) is 13.1. The number of sulfone groups is 1. The average Bonchev–Trinajstić information content (AvgIpc) is 2.89. The number of anilines is 1. The number of urea groups is 1. The van der Waals surface area contributed by atoms with Crippen molar-refractivity contribution in [1.82, 2.24) is 10.2 Å². The predicted octanol–water partition coefficient (Wildman–Crippen LogP) is 3.86. The molecule has 2 N–H and O–H groups in total. The van der Waals surface area contributed by atoms with E-state index in [-0.39, 0.29) is 34.9 Å². The highest BCUT2D eigenvalue weighted by atomic mass is 35.5. The van der Waals surface area contributed by atoms with Crippen molar-refractivity contribution in [3.8, 4) is 0 Å². The van der Waals surface area contributed by atoms with Gasteiger partial charge in [0.1, 0.15) is 0 Å². The van der Waals surface area contributed by atoms with Gasteiger partial charge < -0.3 is 15.5 Å². The van der Waals surface area contributed by atoms with Crippen molar-refractivity contribution < 1.29 is 13.2 Å². The molecule has 3 fully saturated rings. The van der Waals surface area contributed by atoms with Crippen molar-refractivity contribution in [2.24, 2.45) is 11.8 Å². The number of rotatable bonds is 6. The fourth-order valence-electron chi connectivity index (χ4n) is 5.27. The molecule has 1 aromatic rings. The molecule has 3 heterocycles. The molecule has 2 amide bonds. The Morgan fingerprint density at radius 2 is 1.77 bits per heavy atom. The third-order valence-corrected chi connectivity index (χ3v) is 9.98. The maximum Gasteiger partial charge on any atom is 0.319 e. The van der Waals surface area contributed by atoms with E-state index in [4.69, 9.17) is 0 Å². The number of likely N-dealkylation sites (tertiary alicyclic amines) is 1. The summed E-state index contributed by atoms with van der Waals surface area (Å²) in [5, 5.41) is 5.51. The highest BCUT2D eigenvalue weighted by Crippen LogP contribution is 2.40. The molecule has 3 saturated heterocycles. The van der Waals surface area contributed by atoms with Gasteiger partial charge in [-0.2, -0.15) is 0 Å². The maximum absolute atomic E-state index is 12.4. The van der Waals surface area contributed by atoms with Crippen molar-refractivity contribution in [2.75, 3.05) is 31.5 Å². The zero-order valence-corrected chi connectivity index (χ0v) is 20.0. The van der Waals surface area contributed by atoms with Crippen LogP contribution in [0.3, 0.4) is 0 Å². The molecule has 2 bridgehead atoms. The lowest BCUT2D eigenvalue weighted by molar-refractivity contribution is 0.194. The van der Waals surface area contributed by atoms with Gasteiger partial charge in [-0.3, -0.25) is 0 Å². The second kappa shape index (κ2) is 10.5. The van der Waals surface area contributed by atoms with Crippen LogP contribution < -0.4 is 10.6 Å². The van der Waals surface area contributed by atoms with Gasteiger partial charge in [0, 0.05) is 18.8 Å². The number of amides is 2. The van der Waals surface area contributed by atoms with E-state index in [0.717, 1.165) is 37.4 Å². The normalized spacial score (nSPS) is 28.0. The van der Waals surface area contributed by atoms with Crippen LogP contribution in [0.25, 0.3) is 0 Å². The van der Waals surface area contributed by atoms with Crippen LogP contribution in [0, 0.1) is 11.8 Å². The van der Waals surface area contributed by atoms with Crippen molar-refractivity contribution in [1.29, 1.82) is 0 Å². The maximum atomic E-state index is 12.4. The molecule has 4 rings (SSSR count). The molecule has 2 unspecified atom stereocenters. The van der Waals surface area contributed by atoms with E-state index in [2.05, 4.69) is 34.6 Å². The molecule has 6 nitrogen and oxygen atoms in total. The van der Waals surface area contributed by atoms with Gasteiger partial charge in [-0.25, -0.2) is 13.2 Å². The molecule has 2 atom stereocenters. The molecule has 3 aliphatic rings. The molecular weight excluding hydrogens is 434 g/mol. The van der Waals surface area contributed by atoms with Gasteiger partial charge in [0.2, 0.25) is 0 Å². The molecule has 0 aliphatic carbocycles. The number of halogens is 1. The van der Waals surface area contributed by atoms with Gasteiger partial charge in [0.25, 0.3) is 0 Å². The van der Waals surface area contributed by atoms with Crippen molar-refractivity contribution in [3.63, 3.8) is 0 Å². The fourth-order valence-corrected chi connectivity index (χ4v) is 7.83. The second-order valence-corrected chi connectivity index (χ2v) is 12.1. The van der Waals surface area contributed by atoms with E-state index >= 15 is 0 Å². The molecule has 0 saturated carbocycles. The molecule has 0 aromatic heterocycles. The van der Waals surface area contributed by atoms with E-state index in [9.17, 15) is 13.2 Å². The molecule has 31 heavy (non-hydrogen) atoms. The number of benzene rings is 1. The minimum Gasteiger partial charge on any atom is -0.338 e. The van der Waals surface area contributed by atoms with Crippen LogP contribution in [0.1, 0.15) is 51.0 Å². The zero-order valence-electron chi connectivity index (χ0n) is 18.4. The Morgan fingerprint density at radius 1 is 1.10 bits per heavy atom. The number of hydrogen-bond donors (Lipinski definition) is 2. The SMILES string of the molecule is CC1CCN(CCc2cccc(NC(=O)NCC3CC4CCC(C3)S4(=O)=O)c2)CC1.Cl. The Bertz CT molecular complexity index is 835. The quantitative estimate of drug-likeness (QED) is 0.663.